The second-order valence-electron chi connectivity index (χ2n) is 9.00. The molecule has 184 valence electrons. The quantitative estimate of drug-likeness (QED) is 0.275. The van der Waals surface area contributed by atoms with Crippen LogP contribution in [0.1, 0.15) is 24.3 Å². The van der Waals surface area contributed by atoms with Crippen LogP contribution in [0.5, 0.6) is 0 Å². The number of hydrogen-bond acceptors (Lipinski definition) is 3. The Labute approximate surface area is 202 Å². The van der Waals surface area contributed by atoms with Gasteiger partial charge in [-0.15, -0.1) is 0 Å². The summed E-state index contributed by atoms with van der Waals surface area (Å²) in [6.45, 7) is 0. The van der Waals surface area contributed by atoms with E-state index in [0.29, 0.717) is 46.1 Å². The van der Waals surface area contributed by atoms with Crippen molar-refractivity contribution in [1.82, 2.24) is 19.7 Å². The number of aromatic nitrogens is 3. The predicted molar refractivity (Wildman–Crippen MR) is 129 cm³/mol. The van der Waals surface area contributed by atoms with Crippen LogP contribution in [0.3, 0.4) is 0 Å². The fourth-order valence-electron chi connectivity index (χ4n) is 4.92. The number of aromatic amines is 3. The Morgan fingerprint density at radius 3 is 2.31 bits per heavy atom. The van der Waals surface area contributed by atoms with E-state index < -0.39 is 39.2 Å². The summed E-state index contributed by atoms with van der Waals surface area (Å²) in [5.41, 5.74) is 2.40. The number of nitrogens with one attached hydrogen (secondary N) is 4. The van der Waals surface area contributed by atoms with Gasteiger partial charge in [-0.05, 0) is 78.4 Å². The average molecular weight is 513 g/mol. The summed E-state index contributed by atoms with van der Waals surface area (Å²) in [6.07, 6.45) is 0.809. The molecule has 1 fully saturated rings. The van der Waals surface area contributed by atoms with Crippen LogP contribution in [0, 0.1) is 17.5 Å². The van der Waals surface area contributed by atoms with Crippen LogP contribution >= 0.6 is 0 Å². The molecule has 0 aliphatic heterocycles. The molecular weight excluding hydrogens is 493 g/mol. The Morgan fingerprint density at radius 1 is 0.833 bits per heavy atom. The number of H-pyrrole nitrogens is 3. The highest BCUT2D eigenvalue weighted by molar-refractivity contribution is 7.89. The van der Waals surface area contributed by atoms with E-state index in [9.17, 15) is 26.4 Å². The zero-order chi connectivity index (χ0) is 25.2. The van der Waals surface area contributed by atoms with Gasteiger partial charge >= 0.3 is 5.69 Å². The first kappa shape index (κ1) is 22.6. The molecule has 2 heterocycles. The summed E-state index contributed by atoms with van der Waals surface area (Å²) in [5.74, 6) is -2.07. The van der Waals surface area contributed by atoms with Crippen LogP contribution < -0.4 is 10.4 Å². The number of hydrogen-bond donors (Lipinski definition) is 4. The van der Waals surface area contributed by atoms with Crippen molar-refractivity contribution in [3.8, 4) is 11.3 Å². The van der Waals surface area contributed by atoms with E-state index in [4.69, 9.17) is 0 Å². The van der Waals surface area contributed by atoms with Gasteiger partial charge in [-0.25, -0.2) is 31.1 Å². The highest BCUT2D eigenvalue weighted by Gasteiger charge is 2.37. The fourth-order valence-corrected chi connectivity index (χ4v) is 6.21. The van der Waals surface area contributed by atoms with Crippen molar-refractivity contribution in [1.29, 1.82) is 0 Å². The van der Waals surface area contributed by atoms with Gasteiger partial charge in [-0.1, -0.05) is 0 Å². The molecule has 36 heavy (non-hydrogen) atoms. The minimum absolute atomic E-state index is 0.0111. The molecule has 0 spiro atoms. The summed E-state index contributed by atoms with van der Waals surface area (Å²) in [6, 6.07) is 11.6. The molecule has 0 bridgehead atoms. The standard InChI is InChI=1S/C25H19F3N4O3S/c26-14-3-1-12(2-4-14)23-22(18-9-15(27)10-19(28)24(18)31-23)13-7-16(8-13)32-36(34,35)17-5-6-20-21(11-17)30-25(33)29-20/h1-6,9-11,13,16,31-32H,7-8H2,(H2,29,30,33)/t13-,16-. The number of sulfonamides is 1. The molecular formula is C25H19F3N4O3S. The molecule has 11 heteroatoms. The van der Waals surface area contributed by atoms with Crippen molar-refractivity contribution in [2.75, 3.05) is 0 Å². The molecule has 4 N–H and O–H groups in total. The van der Waals surface area contributed by atoms with Crippen LogP contribution in [-0.2, 0) is 10.0 Å². The van der Waals surface area contributed by atoms with Crippen molar-refractivity contribution >= 4 is 32.0 Å². The third-order valence-corrected chi connectivity index (χ3v) is 8.18. The Kier molecular flexibility index (Phi) is 5.09. The molecule has 2 aromatic heterocycles. The second-order valence-corrected chi connectivity index (χ2v) is 10.7. The molecule has 0 amide bonds. The lowest BCUT2D eigenvalue weighted by Crippen LogP contribution is -2.43. The lowest BCUT2D eigenvalue weighted by molar-refractivity contribution is 0.328. The second kappa shape index (κ2) is 8.10. The Morgan fingerprint density at radius 2 is 1.56 bits per heavy atom. The van der Waals surface area contributed by atoms with Crippen LogP contribution in [0.2, 0.25) is 0 Å². The highest BCUT2D eigenvalue weighted by atomic mass is 32.2. The van der Waals surface area contributed by atoms with E-state index in [-0.39, 0.29) is 16.3 Å². The first-order valence-corrected chi connectivity index (χ1v) is 12.7. The maximum atomic E-state index is 14.6. The van der Waals surface area contributed by atoms with Gasteiger partial charge in [0.05, 0.1) is 27.1 Å². The zero-order valence-corrected chi connectivity index (χ0v) is 19.3. The van der Waals surface area contributed by atoms with Gasteiger partial charge in [-0.2, -0.15) is 0 Å². The van der Waals surface area contributed by atoms with Crippen molar-refractivity contribution < 1.29 is 21.6 Å². The number of rotatable bonds is 5. The van der Waals surface area contributed by atoms with Gasteiger partial charge in [0.2, 0.25) is 10.0 Å². The van der Waals surface area contributed by atoms with E-state index in [0.717, 1.165) is 6.07 Å². The molecule has 1 saturated carbocycles. The summed E-state index contributed by atoms with van der Waals surface area (Å²) in [4.78, 5) is 19.6. The molecule has 7 nitrogen and oxygen atoms in total. The SMILES string of the molecule is O=c1[nH]c2ccc(S(=O)(=O)N[C@H]3C[C@H](c4c(-c5ccc(F)cc5)[nH]c5c(F)cc(F)cc54)C3)cc2[nH]1. The number of imidazole rings is 1. The average Bonchev–Trinajstić information content (AvgIpc) is 3.35. The first-order chi connectivity index (χ1) is 17.2. The zero-order valence-electron chi connectivity index (χ0n) is 18.5. The van der Waals surface area contributed by atoms with Gasteiger partial charge < -0.3 is 15.0 Å². The Bertz CT molecular complexity index is 1800. The summed E-state index contributed by atoms with van der Waals surface area (Å²) in [7, 11) is -3.87. The monoisotopic (exact) mass is 512 g/mol. The van der Waals surface area contributed by atoms with Gasteiger partial charge in [0.25, 0.3) is 0 Å². The van der Waals surface area contributed by atoms with Crippen LogP contribution in [0.25, 0.3) is 33.2 Å². The van der Waals surface area contributed by atoms with Crippen LogP contribution in [-0.4, -0.2) is 29.4 Å². The van der Waals surface area contributed by atoms with E-state index in [1.807, 2.05) is 0 Å². The van der Waals surface area contributed by atoms with Gasteiger partial charge in [0, 0.05) is 17.5 Å². The van der Waals surface area contributed by atoms with Gasteiger partial charge in [-0.3, -0.25) is 0 Å². The summed E-state index contributed by atoms with van der Waals surface area (Å²) >= 11 is 0. The smallest absolute Gasteiger partial charge is 0.323 e. The number of fused-ring (bicyclic) bond motifs is 2. The Balaban J connectivity index is 1.30. The van der Waals surface area contributed by atoms with Crippen LogP contribution in [0.4, 0.5) is 13.2 Å². The molecule has 6 rings (SSSR count). The number of benzene rings is 3. The summed E-state index contributed by atoms with van der Waals surface area (Å²) < 4.78 is 70.7. The van der Waals surface area contributed by atoms with Crippen molar-refractivity contribution in [3.63, 3.8) is 0 Å². The third kappa shape index (κ3) is 3.80. The van der Waals surface area contributed by atoms with E-state index >= 15 is 0 Å². The molecule has 5 aromatic rings. The molecule has 0 unspecified atom stereocenters. The van der Waals surface area contributed by atoms with E-state index in [1.165, 1.54) is 36.4 Å². The normalized spacial score (nSPS) is 18.1. The largest absolute Gasteiger partial charge is 0.352 e. The fraction of sp³-hybridized carbons (Fsp3) is 0.160. The minimum atomic E-state index is -3.87. The predicted octanol–water partition coefficient (Wildman–Crippen LogP) is 4.65. The minimum Gasteiger partial charge on any atom is -0.352 e. The van der Waals surface area contributed by atoms with Crippen LogP contribution in [0.15, 0.2) is 64.3 Å². The van der Waals surface area contributed by atoms with Crippen molar-refractivity contribution in [2.45, 2.75) is 29.7 Å². The molecule has 1 aliphatic carbocycles. The molecule has 1 aliphatic rings. The topological polar surface area (TPSA) is 111 Å². The van der Waals surface area contributed by atoms with Gasteiger partial charge in [0.1, 0.15) is 17.5 Å². The third-order valence-electron chi connectivity index (χ3n) is 6.66. The molecule has 3 aromatic carbocycles. The van der Waals surface area contributed by atoms with E-state index in [2.05, 4.69) is 19.7 Å². The van der Waals surface area contributed by atoms with E-state index in [1.54, 1.807) is 12.1 Å². The lowest BCUT2D eigenvalue weighted by Gasteiger charge is -2.36. The lowest BCUT2D eigenvalue weighted by atomic mass is 9.74. The highest BCUT2D eigenvalue weighted by Crippen LogP contribution is 2.46. The van der Waals surface area contributed by atoms with Gasteiger partial charge in [0.15, 0.2) is 0 Å². The molecule has 0 atom stereocenters. The maximum Gasteiger partial charge on any atom is 0.323 e. The molecule has 0 saturated heterocycles. The maximum absolute atomic E-state index is 14.6. The number of halogens is 3. The molecule has 0 radical (unpaired) electrons. The van der Waals surface area contributed by atoms with Crippen molar-refractivity contribution in [3.05, 3.63) is 88.1 Å². The van der Waals surface area contributed by atoms with Crippen molar-refractivity contribution in [2.24, 2.45) is 0 Å². The first-order valence-electron chi connectivity index (χ1n) is 11.2. The summed E-state index contributed by atoms with van der Waals surface area (Å²) in [5, 5.41) is 0.375. The Hall–Kier alpha value is -3.83.